The molecule has 7 heteroatoms. The first-order valence-corrected chi connectivity index (χ1v) is 8.97. The van der Waals surface area contributed by atoms with Crippen LogP contribution in [0.4, 0.5) is 4.39 Å². The summed E-state index contributed by atoms with van der Waals surface area (Å²) < 4.78 is 13.3. The van der Waals surface area contributed by atoms with Gasteiger partial charge in [0.15, 0.2) is 0 Å². The lowest BCUT2D eigenvalue weighted by molar-refractivity contribution is -0.144. The molecule has 0 spiro atoms. The summed E-state index contributed by atoms with van der Waals surface area (Å²) in [5.74, 6) is -0.605. The molecule has 1 atom stereocenters. The highest BCUT2D eigenvalue weighted by Gasteiger charge is 2.31. The number of nitrogens with zero attached hydrogens (tertiary/aromatic N) is 2. The highest BCUT2D eigenvalue weighted by molar-refractivity contribution is 5.89. The fraction of sp³-hybridized carbons (Fsp3) is 0.474. The van der Waals surface area contributed by atoms with E-state index < -0.39 is 6.61 Å². The molecule has 6 nitrogen and oxygen atoms in total. The van der Waals surface area contributed by atoms with Crippen LogP contribution in [0, 0.1) is 5.82 Å². The number of amides is 2. The van der Waals surface area contributed by atoms with Crippen LogP contribution in [0.2, 0.25) is 0 Å². The summed E-state index contributed by atoms with van der Waals surface area (Å²) in [5.41, 5.74) is 1.52. The van der Waals surface area contributed by atoms with Crippen molar-refractivity contribution in [3.63, 3.8) is 0 Å². The highest BCUT2D eigenvalue weighted by atomic mass is 19.1. The third-order valence-corrected chi connectivity index (χ3v) is 4.98. The number of carbonyl (C=O) groups excluding carboxylic acids is 2. The third-order valence-electron chi connectivity index (χ3n) is 4.98. The molecule has 1 fully saturated rings. The molecule has 1 aromatic carbocycles. The van der Waals surface area contributed by atoms with Crippen LogP contribution in [-0.4, -0.2) is 64.0 Å². The number of carbonyl (C=O) groups is 2. The van der Waals surface area contributed by atoms with E-state index in [2.05, 4.69) is 4.98 Å². The fourth-order valence-electron chi connectivity index (χ4n) is 3.66. The molecule has 1 aliphatic rings. The number of aliphatic hydroxyl groups is 1. The van der Waals surface area contributed by atoms with Gasteiger partial charge < -0.3 is 19.9 Å². The van der Waals surface area contributed by atoms with Crippen molar-refractivity contribution in [1.29, 1.82) is 0 Å². The maximum atomic E-state index is 13.3. The molecule has 0 saturated carbocycles. The minimum Gasteiger partial charge on any atom is -0.387 e. The first kappa shape index (κ1) is 18.4. The Balaban J connectivity index is 1.74. The van der Waals surface area contributed by atoms with Crippen LogP contribution >= 0.6 is 0 Å². The number of nitrogens with one attached hydrogen (secondary N) is 1. The Hall–Kier alpha value is -2.41. The quantitative estimate of drug-likeness (QED) is 0.851. The molecule has 0 radical (unpaired) electrons. The smallest absolute Gasteiger partial charge is 0.248 e. The standard InChI is InChI=1S/C19H24FN3O3/c1-2-3-15-11-22(19(26)12-24)6-7-23(15)18(25)8-13-10-21-17-9-14(20)4-5-16(13)17/h4-5,9-10,15,21,24H,2-3,6-8,11-12H2,1H3. The van der Waals surface area contributed by atoms with Gasteiger partial charge in [-0.1, -0.05) is 13.3 Å². The number of hydrogen-bond acceptors (Lipinski definition) is 3. The second-order valence-electron chi connectivity index (χ2n) is 6.71. The summed E-state index contributed by atoms with van der Waals surface area (Å²) in [7, 11) is 0. The number of benzene rings is 1. The van der Waals surface area contributed by atoms with E-state index in [-0.39, 0.29) is 30.1 Å². The molecular weight excluding hydrogens is 337 g/mol. The Morgan fingerprint density at radius 3 is 2.85 bits per heavy atom. The summed E-state index contributed by atoms with van der Waals surface area (Å²) in [6.07, 6.45) is 3.70. The lowest BCUT2D eigenvalue weighted by Gasteiger charge is -2.41. The number of aromatic amines is 1. The van der Waals surface area contributed by atoms with Crippen molar-refractivity contribution in [3.8, 4) is 0 Å². The minimum atomic E-state index is -0.501. The normalized spacial score (nSPS) is 17.7. The van der Waals surface area contributed by atoms with Gasteiger partial charge in [0.2, 0.25) is 11.8 Å². The summed E-state index contributed by atoms with van der Waals surface area (Å²) >= 11 is 0. The molecule has 2 N–H and O–H groups in total. The van der Waals surface area contributed by atoms with Gasteiger partial charge in [-0.3, -0.25) is 9.59 Å². The van der Waals surface area contributed by atoms with Gasteiger partial charge in [-0.05, 0) is 30.2 Å². The van der Waals surface area contributed by atoms with E-state index >= 15 is 0 Å². The molecule has 140 valence electrons. The Kier molecular flexibility index (Phi) is 5.56. The van der Waals surface area contributed by atoms with Gasteiger partial charge in [0.1, 0.15) is 12.4 Å². The van der Waals surface area contributed by atoms with Crippen LogP contribution in [0.1, 0.15) is 25.3 Å². The van der Waals surface area contributed by atoms with Crippen molar-refractivity contribution in [2.24, 2.45) is 0 Å². The average molecular weight is 361 g/mol. The van der Waals surface area contributed by atoms with Crippen LogP contribution < -0.4 is 0 Å². The minimum absolute atomic E-state index is 0.00442. The first-order chi connectivity index (χ1) is 12.5. The zero-order valence-electron chi connectivity index (χ0n) is 14.9. The van der Waals surface area contributed by atoms with Gasteiger partial charge in [-0.2, -0.15) is 0 Å². The van der Waals surface area contributed by atoms with Crippen molar-refractivity contribution in [2.75, 3.05) is 26.2 Å². The number of H-pyrrole nitrogens is 1. The predicted octanol–water partition coefficient (Wildman–Crippen LogP) is 1.68. The fourth-order valence-corrected chi connectivity index (χ4v) is 3.66. The van der Waals surface area contributed by atoms with E-state index in [0.29, 0.717) is 25.2 Å². The Morgan fingerprint density at radius 1 is 1.31 bits per heavy atom. The molecule has 0 bridgehead atoms. The number of rotatable bonds is 5. The van der Waals surface area contributed by atoms with E-state index in [4.69, 9.17) is 5.11 Å². The van der Waals surface area contributed by atoms with Crippen LogP contribution in [0.5, 0.6) is 0 Å². The lowest BCUT2D eigenvalue weighted by Crippen LogP contribution is -2.57. The molecule has 2 amide bonds. The second kappa shape index (κ2) is 7.86. The summed E-state index contributed by atoms with van der Waals surface area (Å²) in [6, 6.07) is 4.45. The number of fused-ring (bicyclic) bond motifs is 1. The Bertz CT molecular complexity index is 804. The molecule has 0 aliphatic carbocycles. The van der Waals surface area contributed by atoms with Crippen LogP contribution in [0.3, 0.4) is 0 Å². The number of piperazine rings is 1. The van der Waals surface area contributed by atoms with Gasteiger partial charge in [0.25, 0.3) is 0 Å². The molecule has 1 unspecified atom stereocenters. The van der Waals surface area contributed by atoms with E-state index in [9.17, 15) is 14.0 Å². The monoisotopic (exact) mass is 361 g/mol. The zero-order valence-corrected chi connectivity index (χ0v) is 14.9. The van der Waals surface area contributed by atoms with Crippen molar-refractivity contribution >= 4 is 22.7 Å². The molecule has 3 rings (SSSR count). The van der Waals surface area contributed by atoms with E-state index in [0.717, 1.165) is 23.8 Å². The number of halogens is 1. The summed E-state index contributed by atoms with van der Waals surface area (Å²) in [5, 5.41) is 9.92. The topological polar surface area (TPSA) is 76.6 Å². The van der Waals surface area contributed by atoms with Gasteiger partial charge in [-0.15, -0.1) is 0 Å². The van der Waals surface area contributed by atoms with Gasteiger partial charge in [0, 0.05) is 42.8 Å². The molecule has 26 heavy (non-hydrogen) atoms. The number of hydrogen-bond donors (Lipinski definition) is 2. The Labute approximate surface area is 151 Å². The first-order valence-electron chi connectivity index (χ1n) is 8.97. The van der Waals surface area contributed by atoms with Crippen molar-refractivity contribution < 1.29 is 19.1 Å². The van der Waals surface area contributed by atoms with Crippen molar-refractivity contribution in [1.82, 2.24) is 14.8 Å². The van der Waals surface area contributed by atoms with Crippen LogP contribution in [0.15, 0.2) is 24.4 Å². The number of aliphatic hydroxyl groups excluding tert-OH is 1. The van der Waals surface area contributed by atoms with Crippen LogP contribution in [-0.2, 0) is 16.0 Å². The molecule has 1 aliphatic heterocycles. The average Bonchev–Trinajstić information content (AvgIpc) is 3.03. The van der Waals surface area contributed by atoms with Gasteiger partial charge >= 0.3 is 0 Å². The Morgan fingerprint density at radius 2 is 2.12 bits per heavy atom. The maximum absolute atomic E-state index is 13.3. The van der Waals surface area contributed by atoms with E-state index in [1.54, 1.807) is 17.2 Å². The number of aromatic nitrogens is 1. The molecular formula is C19H24FN3O3. The molecule has 2 aromatic rings. The van der Waals surface area contributed by atoms with Crippen LogP contribution in [0.25, 0.3) is 10.9 Å². The van der Waals surface area contributed by atoms with Crippen molar-refractivity contribution in [3.05, 3.63) is 35.8 Å². The predicted molar refractivity (Wildman–Crippen MR) is 96.0 cm³/mol. The van der Waals surface area contributed by atoms with E-state index in [1.807, 2.05) is 11.8 Å². The van der Waals surface area contributed by atoms with Crippen molar-refractivity contribution in [2.45, 2.75) is 32.2 Å². The lowest BCUT2D eigenvalue weighted by atomic mass is 10.0. The largest absolute Gasteiger partial charge is 0.387 e. The maximum Gasteiger partial charge on any atom is 0.248 e. The van der Waals surface area contributed by atoms with Gasteiger partial charge in [-0.25, -0.2) is 4.39 Å². The summed E-state index contributed by atoms with van der Waals surface area (Å²) in [6.45, 7) is 2.90. The second-order valence-corrected chi connectivity index (χ2v) is 6.71. The highest BCUT2D eigenvalue weighted by Crippen LogP contribution is 2.22. The summed E-state index contributed by atoms with van der Waals surface area (Å²) in [4.78, 5) is 31.1. The SMILES string of the molecule is CCCC1CN(C(=O)CO)CCN1C(=O)Cc1c[nH]c2cc(F)ccc12. The zero-order chi connectivity index (χ0) is 18.7. The molecule has 1 aromatic heterocycles. The van der Waals surface area contributed by atoms with E-state index in [1.165, 1.54) is 12.1 Å². The van der Waals surface area contributed by atoms with Gasteiger partial charge in [0.05, 0.1) is 6.42 Å². The third kappa shape index (κ3) is 3.72. The molecule has 2 heterocycles. The molecule has 1 saturated heterocycles.